The number of hydrogen-bond acceptors (Lipinski definition) is 2. The number of aliphatic hydroxyl groups excluding tert-OH is 1. The second kappa shape index (κ2) is 3.81. The van der Waals surface area contributed by atoms with Gasteiger partial charge in [-0.3, -0.25) is 4.79 Å². The van der Waals surface area contributed by atoms with Gasteiger partial charge in [0.15, 0.2) is 5.78 Å². The Morgan fingerprint density at radius 3 is 3.00 bits per heavy atom. The SMILES string of the molecule is Cc1cc2n(c1C)CCC(C(=O)CO)C2. The quantitative estimate of drug-likeness (QED) is 0.792. The maximum atomic E-state index is 11.4. The van der Waals surface area contributed by atoms with Crippen LogP contribution in [0.1, 0.15) is 23.4 Å². The van der Waals surface area contributed by atoms with Crippen LogP contribution in [-0.2, 0) is 17.8 Å². The van der Waals surface area contributed by atoms with Gasteiger partial charge in [-0.1, -0.05) is 0 Å². The molecule has 82 valence electrons. The number of aromatic nitrogens is 1. The Labute approximate surface area is 89.7 Å². The summed E-state index contributed by atoms with van der Waals surface area (Å²) in [5.74, 6) is 0.00829. The van der Waals surface area contributed by atoms with Crippen molar-refractivity contribution in [1.82, 2.24) is 4.57 Å². The lowest BCUT2D eigenvalue weighted by Gasteiger charge is -2.23. The average molecular weight is 207 g/mol. The summed E-state index contributed by atoms with van der Waals surface area (Å²) in [6.45, 7) is 4.81. The van der Waals surface area contributed by atoms with Crippen LogP contribution in [-0.4, -0.2) is 22.1 Å². The van der Waals surface area contributed by atoms with E-state index in [1.807, 2.05) is 0 Å². The second-order valence-electron chi connectivity index (χ2n) is 4.37. The molecule has 1 aliphatic rings. The Morgan fingerprint density at radius 2 is 2.33 bits per heavy atom. The Kier molecular flexibility index (Phi) is 2.65. The van der Waals surface area contributed by atoms with Gasteiger partial charge in [-0.05, 0) is 38.3 Å². The average Bonchev–Trinajstić information content (AvgIpc) is 2.53. The van der Waals surface area contributed by atoms with E-state index in [0.717, 1.165) is 19.4 Å². The van der Waals surface area contributed by atoms with Gasteiger partial charge in [-0.15, -0.1) is 0 Å². The molecular weight excluding hydrogens is 190 g/mol. The first-order valence-corrected chi connectivity index (χ1v) is 5.42. The fourth-order valence-electron chi connectivity index (χ4n) is 2.38. The minimum atomic E-state index is -0.316. The van der Waals surface area contributed by atoms with Gasteiger partial charge in [-0.2, -0.15) is 0 Å². The van der Waals surface area contributed by atoms with E-state index in [1.54, 1.807) is 0 Å². The first-order chi connectivity index (χ1) is 7.13. The summed E-state index contributed by atoms with van der Waals surface area (Å²) in [5.41, 5.74) is 3.84. The first kappa shape index (κ1) is 10.4. The molecule has 0 aromatic carbocycles. The lowest BCUT2D eigenvalue weighted by atomic mass is 9.92. The number of hydrogen-bond donors (Lipinski definition) is 1. The zero-order valence-corrected chi connectivity index (χ0v) is 9.29. The maximum Gasteiger partial charge on any atom is 0.161 e. The van der Waals surface area contributed by atoms with E-state index in [1.165, 1.54) is 17.0 Å². The highest BCUT2D eigenvalue weighted by Crippen LogP contribution is 2.25. The molecular formula is C12H17NO2. The van der Waals surface area contributed by atoms with Crippen LogP contribution in [0.2, 0.25) is 0 Å². The van der Waals surface area contributed by atoms with Gasteiger partial charge in [0.1, 0.15) is 6.61 Å². The van der Waals surface area contributed by atoms with Crippen molar-refractivity contribution in [2.45, 2.75) is 33.2 Å². The van der Waals surface area contributed by atoms with Gasteiger partial charge >= 0.3 is 0 Å². The minimum absolute atomic E-state index is 0.0160. The Hall–Kier alpha value is -1.09. The van der Waals surface area contributed by atoms with E-state index in [2.05, 4.69) is 24.5 Å². The standard InChI is InChI=1S/C12H17NO2/c1-8-5-11-6-10(12(15)7-14)3-4-13(11)9(8)2/h5,10,14H,3-4,6-7H2,1-2H3. The molecule has 1 unspecified atom stereocenters. The highest BCUT2D eigenvalue weighted by Gasteiger charge is 2.25. The number of carbonyl (C=O) groups is 1. The van der Waals surface area contributed by atoms with Crippen molar-refractivity contribution in [2.75, 3.05) is 6.61 Å². The highest BCUT2D eigenvalue weighted by atomic mass is 16.3. The van der Waals surface area contributed by atoms with Crippen LogP contribution in [0.4, 0.5) is 0 Å². The van der Waals surface area contributed by atoms with Gasteiger partial charge in [0, 0.05) is 23.9 Å². The van der Waals surface area contributed by atoms with E-state index in [-0.39, 0.29) is 18.3 Å². The van der Waals surface area contributed by atoms with Crippen LogP contribution in [0.15, 0.2) is 6.07 Å². The van der Waals surface area contributed by atoms with E-state index in [9.17, 15) is 4.79 Å². The van der Waals surface area contributed by atoms with Crippen molar-refractivity contribution < 1.29 is 9.90 Å². The summed E-state index contributed by atoms with van der Waals surface area (Å²) in [4.78, 5) is 11.4. The van der Waals surface area contributed by atoms with E-state index < -0.39 is 0 Å². The third-order valence-corrected chi connectivity index (χ3v) is 3.47. The molecule has 0 aliphatic carbocycles. The largest absolute Gasteiger partial charge is 0.389 e. The Balaban J connectivity index is 2.24. The number of rotatable bonds is 2. The topological polar surface area (TPSA) is 42.2 Å². The van der Waals surface area contributed by atoms with Gasteiger partial charge in [-0.25, -0.2) is 0 Å². The predicted molar refractivity (Wildman–Crippen MR) is 57.8 cm³/mol. The molecule has 0 saturated carbocycles. The second-order valence-corrected chi connectivity index (χ2v) is 4.37. The van der Waals surface area contributed by atoms with Crippen molar-refractivity contribution >= 4 is 5.78 Å². The molecule has 0 radical (unpaired) electrons. The third kappa shape index (κ3) is 1.72. The number of ketones is 1. The zero-order chi connectivity index (χ0) is 11.0. The van der Waals surface area contributed by atoms with Crippen LogP contribution >= 0.6 is 0 Å². The summed E-state index contributed by atoms with van der Waals surface area (Å²) in [6.07, 6.45) is 1.65. The molecule has 1 aliphatic heterocycles. The molecule has 3 heteroatoms. The third-order valence-electron chi connectivity index (χ3n) is 3.47. The fourth-order valence-corrected chi connectivity index (χ4v) is 2.38. The monoisotopic (exact) mass is 207 g/mol. The van der Waals surface area contributed by atoms with Crippen LogP contribution in [0.3, 0.4) is 0 Å². The molecule has 1 aromatic heterocycles. The van der Waals surface area contributed by atoms with Crippen molar-refractivity contribution in [2.24, 2.45) is 5.92 Å². The molecule has 3 nitrogen and oxygen atoms in total. The van der Waals surface area contributed by atoms with Gasteiger partial charge < -0.3 is 9.67 Å². The van der Waals surface area contributed by atoms with Gasteiger partial charge in [0.2, 0.25) is 0 Å². The first-order valence-electron chi connectivity index (χ1n) is 5.42. The summed E-state index contributed by atoms with van der Waals surface area (Å²) in [5, 5.41) is 8.84. The van der Waals surface area contributed by atoms with Gasteiger partial charge in [0.25, 0.3) is 0 Å². The molecule has 0 spiro atoms. The molecule has 2 rings (SSSR count). The van der Waals surface area contributed by atoms with Crippen molar-refractivity contribution in [3.63, 3.8) is 0 Å². The number of aryl methyl sites for hydroxylation is 1. The van der Waals surface area contributed by atoms with E-state index >= 15 is 0 Å². The zero-order valence-electron chi connectivity index (χ0n) is 9.29. The number of Topliss-reactive ketones (excluding diaryl/α,β-unsaturated/α-hetero) is 1. The fraction of sp³-hybridized carbons (Fsp3) is 0.583. The molecule has 0 bridgehead atoms. The maximum absolute atomic E-state index is 11.4. The molecule has 2 heterocycles. The summed E-state index contributed by atoms with van der Waals surface area (Å²) >= 11 is 0. The summed E-state index contributed by atoms with van der Waals surface area (Å²) in [7, 11) is 0. The lowest BCUT2D eigenvalue weighted by Crippen LogP contribution is -2.27. The predicted octanol–water partition coefficient (Wildman–Crippen LogP) is 1.23. The molecule has 0 saturated heterocycles. The number of carbonyl (C=O) groups excluding carboxylic acids is 1. The summed E-state index contributed by atoms with van der Waals surface area (Å²) < 4.78 is 2.29. The minimum Gasteiger partial charge on any atom is -0.389 e. The van der Waals surface area contributed by atoms with Crippen molar-refractivity contribution in [3.05, 3.63) is 23.0 Å². The van der Waals surface area contributed by atoms with Crippen molar-refractivity contribution in [1.29, 1.82) is 0 Å². The smallest absolute Gasteiger partial charge is 0.161 e. The van der Waals surface area contributed by atoms with E-state index in [4.69, 9.17) is 5.11 Å². The number of aliphatic hydroxyl groups is 1. The molecule has 0 fully saturated rings. The molecule has 1 N–H and O–H groups in total. The number of nitrogens with zero attached hydrogens (tertiary/aromatic N) is 1. The normalized spacial score (nSPS) is 20.1. The van der Waals surface area contributed by atoms with Crippen LogP contribution in [0, 0.1) is 19.8 Å². The summed E-state index contributed by atoms with van der Waals surface area (Å²) in [6, 6.07) is 2.16. The molecule has 1 aromatic rings. The van der Waals surface area contributed by atoms with Crippen molar-refractivity contribution in [3.8, 4) is 0 Å². The van der Waals surface area contributed by atoms with Gasteiger partial charge in [0.05, 0.1) is 0 Å². The van der Waals surface area contributed by atoms with Crippen LogP contribution in [0.25, 0.3) is 0 Å². The molecule has 0 amide bonds. The highest BCUT2D eigenvalue weighted by molar-refractivity contribution is 5.82. The Morgan fingerprint density at radius 1 is 1.60 bits per heavy atom. The molecule has 15 heavy (non-hydrogen) atoms. The Bertz CT molecular complexity index is 393. The molecule has 1 atom stereocenters. The van der Waals surface area contributed by atoms with Crippen LogP contribution < -0.4 is 0 Å². The lowest BCUT2D eigenvalue weighted by molar-refractivity contribution is -0.126. The number of fused-ring (bicyclic) bond motifs is 1. The van der Waals surface area contributed by atoms with E-state index in [0.29, 0.717) is 0 Å². The van der Waals surface area contributed by atoms with Crippen LogP contribution in [0.5, 0.6) is 0 Å².